The van der Waals surface area contributed by atoms with Gasteiger partial charge in [0.25, 0.3) is 0 Å². The number of aryl methyl sites for hydroxylation is 1. The number of aromatic nitrogens is 6. The minimum absolute atomic E-state index is 0.361. The van der Waals surface area contributed by atoms with E-state index in [9.17, 15) is 0 Å². The molecule has 182 valence electrons. The molecule has 0 saturated carbocycles. The van der Waals surface area contributed by atoms with Crippen LogP contribution in [0.3, 0.4) is 0 Å². The average molecular weight is 493 g/mol. The van der Waals surface area contributed by atoms with Crippen molar-refractivity contribution in [1.82, 2.24) is 30.1 Å². The predicted octanol–water partition coefficient (Wildman–Crippen LogP) is 7.94. The summed E-state index contributed by atoms with van der Waals surface area (Å²) in [5.41, 5.74) is 6.46. The fraction of sp³-hybridized carbons (Fsp3) is 0.125. The van der Waals surface area contributed by atoms with Crippen LogP contribution in [0, 0.1) is 6.92 Å². The molecule has 8 rings (SSSR count). The molecule has 0 aliphatic heterocycles. The molecular formula is C32H24N6. The van der Waals surface area contributed by atoms with Crippen LogP contribution in [0.1, 0.15) is 31.4 Å². The summed E-state index contributed by atoms with van der Waals surface area (Å²) in [6.45, 7) is 6.32. The first-order valence-corrected chi connectivity index (χ1v) is 12.9. The van der Waals surface area contributed by atoms with Gasteiger partial charge < -0.3 is 9.97 Å². The number of hydrogen-bond donors (Lipinski definition) is 2. The van der Waals surface area contributed by atoms with Crippen LogP contribution in [-0.4, -0.2) is 30.1 Å². The van der Waals surface area contributed by atoms with Gasteiger partial charge in [0.05, 0.1) is 34.5 Å². The van der Waals surface area contributed by atoms with Gasteiger partial charge in [-0.2, -0.15) is 10.2 Å². The lowest BCUT2D eigenvalue weighted by Crippen LogP contribution is -1.88. The second kappa shape index (κ2) is 7.59. The Morgan fingerprint density at radius 1 is 0.605 bits per heavy atom. The van der Waals surface area contributed by atoms with Crippen molar-refractivity contribution in [3.63, 3.8) is 0 Å². The fourth-order valence-corrected chi connectivity index (χ4v) is 5.86. The predicted molar refractivity (Wildman–Crippen MR) is 156 cm³/mol. The number of fused-ring (bicyclic) bond motifs is 11. The largest absolute Gasteiger partial charge is 0.342 e. The van der Waals surface area contributed by atoms with E-state index in [2.05, 4.69) is 94.7 Å². The quantitative estimate of drug-likeness (QED) is 0.240. The Morgan fingerprint density at radius 2 is 1.34 bits per heavy atom. The van der Waals surface area contributed by atoms with Gasteiger partial charge in [-0.15, -0.1) is 0 Å². The molecule has 0 aliphatic carbocycles. The first-order chi connectivity index (χ1) is 18.5. The highest BCUT2D eigenvalue weighted by molar-refractivity contribution is 6.23. The molecular weight excluding hydrogens is 468 g/mol. The Hall–Kier alpha value is -4.84. The molecule has 0 spiro atoms. The van der Waals surface area contributed by atoms with Crippen molar-refractivity contribution < 1.29 is 0 Å². The first kappa shape index (κ1) is 21.3. The van der Waals surface area contributed by atoms with Gasteiger partial charge in [0, 0.05) is 27.5 Å². The molecule has 8 aromatic rings. The third-order valence-corrected chi connectivity index (χ3v) is 7.75. The van der Waals surface area contributed by atoms with E-state index in [1.165, 1.54) is 27.1 Å². The number of aromatic amines is 2. The molecule has 0 radical (unpaired) electrons. The van der Waals surface area contributed by atoms with Crippen LogP contribution >= 0.6 is 0 Å². The zero-order valence-corrected chi connectivity index (χ0v) is 21.3. The Balaban J connectivity index is 1.33. The molecule has 6 heteroatoms. The van der Waals surface area contributed by atoms with Gasteiger partial charge in [-0.1, -0.05) is 56.3 Å². The van der Waals surface area contributed by atoms with Gasteiger partial charge >= 0.3 is 0 Å². The van der Waals surface area contributed by atoms with Crippen molar-refractivity contribution in [2.45, 2.75) is 26.7 Å². The lowest BCUT2D eigenvalue weighted by Gasteiger charge is -2.10. The second-order valence-corrected chi connectivity index (χ2v) is 10.5. The number of benzene rings is 5. The van der Waals surface area contributed by atoms with Crippen molar-refractivity contribution in [1.29, 1.82) is 0 Å². The Kier molecular flexibility index (Phi) is 4.24. The number of nitrogens with zero attached hydrogens (tertiary/aromatic N) is 4. The van der Waals surface area contributed by atoms with Crippen molar-refractivity contribution in [2.75, 3.05) is 0 Å². The molecule has 3 aromatic heterocycles. The van der Waals surface area contributed by atoms with Crippen molar-refractivity contribution in [3.05, 3.63) is 84.7 Å². The molecule has 5 aromatic carbocycles. The maximum absolute atomic E-state index is 4.92. The molecule has 2 N–H and O–H groups in total. The molecule has 0 atom stereocenters. The number of rotatable bonds is 2. The minimum atomic E-state index is 0.361. The van der Waals surface area contributed by atoms with Crippen molar-refractivity contribution >= 4 is 65.2 Å². The molecule has 0 bridgehead atoms. The summed E-state index contributed by atoms with van der Waals surface area (Å²) in [7, 11) is 0. The first-order valence-electron chi connectivity index (χ1n) is 12.9. The van der Waals surface area contributed by atoms with E-state index in [0.29, 0.717) is 5.92 Å². The van der Waals surface area contributed by atoms with E-state index in [-0.39, 0.29) is 0 Å². The summed E-state index contributed by atoms with van der Waals surface area (Å²) in [6, 6.07) is 22.2. The van der Waals surface area contributed by atoms with Crippen LogP contribution in [0.15, 0.2) is 73.1 Å². The zero-order valence-electron chi connectivity index (χ0n) is 21.3. The summed E-state index contributed by atoms with van der Waals surface area (Å²) in [5.74, 6) is 2.28. The number of hydrogen-bond acceptors (Lipinski definition) is 4. The van der Waals surface area contributed by atoms with Gasteiger partial charge in [-0.3, -0.25) is 0 Å². The fourth-order valence-electron chi connectivity index (χ4n) is 5.86. The standard InChI is InChI=1S/C32H24N6/c1-16(2)32-37-28-11-10-22-21-7-4-18(12-20(21)6-9-23(22)29(28)38-32)19-5-8-24-25(13-19)26-14-33-34-15-27(26)31-30(24)35-17(3)36-31/h4-16H,1-3H3,(H,35,36)(H,37,38). The van der Waals surface area contributed by atoms with Gasteiger partial charge in [0.2, 0.25) is 0 Å². The molecule has 0 fully saturated rings. The van der Waals surface area contributed by atoms with Crippen LogP contribution in [0.4, 0.5) is 0 Å². The van der Waals surface area contributed by atoms with Gasteiger partial charge in [0.1, 0.15) is 11.6 Å². The van der Waals surface area contributed by atoms with E-state index in [1.54, 1.807) is 0 Å². The third-order valence-electron chi connectivity index (χ3n) is 7.75. The molecule has 38 heavy (non-hydrogen) atoms. The van der Waals surface area contributed by atoms with E-state index >= 15 is 0 Å². The van der Waals surface area contributed by atoms with Crippen LogP contribution in [-0.2, 0) is 0 Å². The smallest absolute Gasteiger partial charge is 0.109 e. The normalized spacial score (nSPS) is 12.3. The third kappa shape index (κ3) is 2.94. The average Bonchev–Trinajstić information content (AvgIpc) is 3.56. The van der Waals surface area contributed by atoms with Crippen molar-refractivity contribution in [2.24, 2.45) is 0 Å². The lowest BCUT2D eigenvalue weighted by atomic mass is 9.94. The van der Waals surface area contributed by atoms with Gasteiger partial charge in [-0.25, -0.2) is 9.97 Å². The SMILES string of the molecule is Cc1nc2c3cnncc3c3cc(-c4ccc5c(ccc6c5ccc5[nH]c(C(C)C)nc56)c4)ccc3c2[nH]1. The molecule has 6 nitrogen and oxygen atoms in total. The topological polar surface area (TPSA) is 83.1 Å². The van der Waals surface area contributed by atoms with E-state index in [0.717, 1.165) is 60.8 Å². The van der Waals surface area contributed by atoms with Gasteiger partial charge in [-0.05, 0) is 57.8 Å². The van der Waals surface area contributed by atoms with E-state index < -0.39 is 0 Å². The summed E-state index contributed by atoms with van der Waals surface area (Å²) < 4.78 is 0. The summed E-state index contributed by atoms with van der Waals surface area (Å²) in [5, 5.41) is 17.5. The highest BCUT2D eigenvalue weighted by Gasteiger charge is 2.15. The monoisotopic (exact) mass is 492 g/mol. The maximum atomic E-state index is 4.92. The Morgan fingerprint density at radius 3 is 2.18 bits per heavy atom. The summed E-state index contributed by atoms with van der Waals surface area (Å²) in [4.78, 5) is 16.6. The van der Waals surface area contributed by atoms with Crippen LogP contribution in [0.25, 0.3) is 76.3 Å². The van der Waals surface area contributed by atoms with E-state index in [4.69, 9.17) is 9.97 Å². The molecule has 0 amide bonds. The van der Waals surface area contributed by atoms with Crippen LogP contribution in [0.5, 0.6) is 0 Å². The minimum Gasteiger partial charge on any atom is -0.342 e. The number of imidazole rings is 2. The molecule has 0 saturated heterocycles. The van der Waals surface area contributed by atoms with E-state index in [1.807, 2.05) is 19.3 Å². The zero-order chi connectivity index (χ0) is 25.5. The maximum Gasteiger partial charge on any atom is 0.109 e. The van der Waals surface area contributed by atoms with Crippen molar-refractivity contribution in [3.8, 4) is 11.1 Å². The molecule has 0 unspecified atom stereocenters. The number of H-pyrrole nitrogens is 2. The highest BCUT2D eigenvalue weighted by Crippen LogP contribution is 2.37. The molecule has 3 heterocycles. The number of nitrogens with one attached hydrogen (secondary N) is 2. The summed E-state index contributed by atoms with van der Waals surface area (Å²) >= 11 is 0. The highest BCUT2D eigenvalue weighted by atomic mass is 15.1. The van der Waals surface area contributed by atoms with Crippen LogP contribution < -0.4 is 0 Å². The second-order valence-electron chi connectivity index (χ2n) is 10.5. The Labute approximate surface area is 217 Å². The molecule has 0 aliphatic rings. The Bertz CT molecular complexity index is 2240. The summed E-state index contributed by atoms with van der Waals surface area (Å²) in [6.07, 6.45) is 3.66. The van der Waals surface area contributed by atoms with Crippen LogP contribution in [0.2, 0.25) is 0 Å². The van der Waals surface area contributed by atoms with Gasteiger partial charge in [0.15, 0.2) is 0 Å². The lowest BCUT2D eigenvalue weighted by molar-refractivity contribution is 0.799.